The molecular formula is C14H20O. The maximum Gasteiger partial charge on any atom is 0.0800 e. The largest absolute Gasteiger partial charge is 0.368 e. The van der Waals surface area contributed by atoms with Crippen LogP contribution in [0.2, 0.25) is 0 Å². The number of ether oxygens (including phenoxy) is 1. The molecule has 1 rings (SSSR count). The van der Waals surface area contributed by atoms with E-state index in [1.807, 2.05) is 24.3 Å². The van der Waals surface area contributed by atoms with Crippen molar-refractivity contribution in [3.63, 3.8) is 0 Å². The van der Waals surface area contributed by atoms with E-state index in [0.717, 1.165) is 6.42 Å². The van der Waals surface area contributed by atoms with Gasteiger partial charge in [-0.1, -0.05) is 36.4 Å². The van der Waals surface area contributed by atoms with E-state index in [1.54, 1.807) is 0 Å². The zero-order chi connectivity index (χ0) is 11.3. The van der Waals surface area contributed by atoms with Crippen molar-refractivity contribution < 1.29 is 4.74 Å². The Balaban J connectivity index is 2.59. The third-order valence-corrected chi connectivity index (χ3v) is 2.05. The van der Waals surface area contributed by atoms with Gasteiger partial charge in [-0.25, -0.2) is 0 Å². The van der Waals surface area contributed by atoms with Crippen LogP contribution in [0.15, 0.2) is 43.0 Å². The summed E-state index contributed by atoms with van der Waals surface area (Å²) in [7, 11) is 0. The fourth-order valence-electron chi connectivity index (χ4n) is 1.47. The molecule has 1 aromatic carbocycles. The molecule has 82 valence electrons. The van der Waals surface area contributed by atoms with E-state index >= 15 is 0 Å². The topological polar surface area (TPSA) is 9.23 Å². The molecular weight excluding hydrogens is 184 g/mol. The van der Waals surface area contributed by atoms with Crippen LogP contribution in [-0.4, -0.2) is 11.7 Å². The average molecular weight is 204 g/mol. The zero-order valence-corrected chi connectivity index (χ0v) is 9.86. The summed E-state index contributed by atoms with van der Waals surface area (Å²) in [6, 6.07) is 10.3. The maximum atomic E-state index is 5.87. The zero-order valence-electron chi connectivity index (χ0n) is 9.86. The molecule has 0 radical (unpaired) electrons. The van der Waals surface area contributed by atoms with E-state index in [2.05, 4.69) is 39.5 Å². The highest BCUT2D eigenvalue weighted by molar-refractivity contribution is 5.16. The second kappa shape index (κ2) is 5.13. The SMILES string of the molecule is C=CC(Cc1ccccc1)OC(C)(C)C. The van der Waals surface area contributed by atoms with Crippen LogP contribution in [0.1, 0.15) is 26.3 Å². The van der Waals surface area contributed by atoms with Gasteiger partial charge in [-0.05, 0) is 26.3 Å². The molecule has 1 nitrogen and oxygen atoms in total. The molecule has 15 heavy (non-hydrogen) atoms. The van der Waals surface area contributed by atoms with Crippen molar-refractivity contribution in [3.8, 4) is 0 Å². The van der Waals surface area contributed by atoms with E-state index in [0.29, 0.717) is 0 Å². The van der Waals surface area contributed by atoms with Gasteiger partial charge in [-0.15, -0.1) is 6.58 Å². The summed E-state index contributed by atoms with van der Waals surface area (Å²) in [5.74, 6) is 0. The Labute approximate surface area is 92.8 Å². The smallest absolute Gasteiger partial charge is 0.0800 e. The molecule has 0 bridgehead atoms. The highest BCUT2D eigenvalue weighted by Gasteiger charge is 2.16. The summed E-state index contributed by atoms with van der Waals surface area (Å²) in [5, 5.41) is 0. The molecule has 0 saturated heterocycles. The number of hydrogen-bond donors (Lipinski definition) is 0. The summed E-state index contributed by atoms with van der Waals surface area (Å²) in [5.41, 5.74) is 1.17. The third-order valence-electron chi connectivity index (χ3n) is 2.05. The van der Waals surface area contributed by atoms with E-state index in [-0.39, 0.29) is 11.7 Å². The van der Waals surface area contributed by atoms with E-state index in [9.17, 15) is 0 Å². The van der Waals surface area contributed by atoms with Gasteiger partial charge in [-0.3, -0.25) is 0 Å². The second-order valence-corrected chi connectivity index (χ2v) is 4.69. The molecule has 1 unspecified atom stereocenters. The minimum absolute atomic E-state index is 0.0902. The van der Waals surface area contributed by atoms with Gasteiger partial charge in [0.1, 0.15) is 0 Å². The van der Waals surface area contributed by atoms with Gasteiger partial charge in [0.05, 0.1) is 11.7 Å². The second-order valence-electron chi connectivity index (χ2n) is 4.69. The quantitative estimate of drug-likeness (QED) is 0.681. The molecule has 0 aliphatic carbocycles. The van der Waals surface area contributed by atoms with Crippen molar-refractivity contribution in [2.24, 2.45) is 0 Å². The Hall–Kier alpha value is -1.08. The third kappa shape index (κ3) is 4.80. The molecule has 0 fully saturated rings. The molecule has 0 spiro atoms. The summed E-state index contributed by atoms with van der Waals surface area (Å²) in [6.07, 6.45) is 2.85. The molecule has 0 saturated carbocycles. The molecule has 1 aromatic rings. The lowest BCUT2D eigenvalue weighted by Crippen LogP contribution is -2.27. The van der Waals surface area contributed by atoms with E-state index < -0.39 is 0 Å². The average Bonchev–Trinajstić information content (AvgIpc) is 2.16. The first kappa shape index (κ1) is 12.0. The maximum absolute atomic E-state index is 5.87. The van der Waals surface area contributed by atoms with Gasteiger partial charge in [0, 0.05) is 6.42 Å². The molecule has 1 heteroatoms. The Morgan fingerprint density at radius 1 is 1.27 bits per heavy atom. The Morgan fingerprint density at radius 2 is 1.87 bits per heavy atom. The Kier molecular flexibility index (Phi) is 4.10. The van der Waals surface area contributed by atoms with Crippen molar-refractivity contribution in [1.29, 1.82) is 0 Å². The minimum Gasteiger partial charge on any atom is -0.368 e. The minimum atomic E-state index is -0.117. The van der Waals surface area contributed by atoms with Crippen LogP contribution in [0.4, 0.5) is 0 Å². The standard InChI is InChI=1S/C14H20O/c1-5-13(15-14(2,3)4)11-12-9-7-6-8-10-12/h5-10,13H,1,11H2,2-4H3. The Morgan fingerprint density at radius 3 is 2.33 bits per heavy atom. The first-order chi connectivity index (χ1) is 7.01. The van der Waals surface area contributed by atoms with Crippen LogP contribution < -0.4 is 0 Å². The van der Waals surface area contributed by atoms with E-state index in [4.69, 9.17) is 4.74 Å². The predicted octanol–water partition coefficient (Wildman–Crippen LogP) is 3.60. The van der Waals surface area contributed by atoms with Crippen LogP contribution in [0.3, 0.4) is 0 Å². The fraction of sp³-hybridized carbons (Fsp3) is 0.429. The Bertz CT molecular complexity index is 295. The highest BCUT2D eigenvalue weighted by atomic mass is 16.5. The normalized spacial score (nSPS) is 13.5. The first-order valence-corrected chi connectivity index (χ1v) is 5.35. The fourth-order valence-corrected chi connectivity index (χ4v) is 1.47. The molecule has 0 aliphatic heterocycles. The highest BCUT2D eigenvalue weighted by Crippen LogP contribution is 2.15. The molecule has 0 amide bonds. The summed E-state index contributed by atoms with van der Waals surface area (Å²) < 4.78 is 5.87. The molecule has 0 N–H and O–H groups in total. The molecule has 1 atom stereocenters. The van der Waals surface area contributed by atoms with E-state index in [1.165, 1.54) is 5.56 Å². The van der Waals surface area contributed by atoms with Crippen molar-refractivity contribution in [3.05, 3.63) is 48.6 Å². The van der Waals surface area contributed by atoms with Gasteiger partial charge in [0.25, 0.3) is 0 Å². The number of hydrogen-bond acceptors (Lipinski definition) is 1. The number of rotatable bonds is 4. The molecule has 0 aromatic heterocycles. The van der Waals surface area contributed by atoms with Crippen molar-refractivity contribution in [2.75, 3.05) is 0 Å². The molecule has 0 heterocycles. The van der Waals surface area contributed by atoms with Gasteiger partial charge in [-0.2, -0.15) is 0 Å². The van der Waals surface area contributed by atoms with Crippen LogP contribution in [0.5, 0.6) is 0 Å². The lowest BCUT2D eigenvalue weighted by molar-refractivity contribution is -0.0372. The van der Waals surface area contributed by atoms with Crippen molar-refractivity contribution in [1.82, 2.24) is 0 Å². The lowest BCUT2D eigenvalue weighted by Gasteiger charge is -2.25. The lowest BCUT2D eigenvalue weighted by atomic mass is 10.1. The number of benzene rings is 1. The summed E-state index contributed by atoms with van der Waals surface area (Å²) >= 11 is 0. The molecule has 0 aliphatic rings. The summed E-state index contributed by atoms with van der Waals surface area (Å²) in [6.45, 7) is 10.0. The summed E-state index contributed by atoms with van der Waals surface area (Å²) in [4.78, 5) is 0. The van der Waals surface area contributed by atoms with Gasteiger partial charge in [0.15, 0.2) is 0 Å². The van der Waals surface area contributed by atoms with Gasteiger partial charge in [0.2, 0.25) is 0 Å². The van der Waals surface area contributed by atoms with Gasteiger partial charge < -0.3 is 4.74 Å². The van der Waals surface area contributed by atoms with Gasteiger partial charge >= 0.3 is 0 Å². The predicted molar refractivity (Wildman–Crippen MR) is 65.0 cm³/mol. The van der Waals surface area contributed by atoms with Crippen LogP contribution in [-0.2, 0) is 11.2 Å². The van der Waals surface area contributed by atoms with Crippen molar-refractivity contribution in [2.45, 2.75) is 38.9 Å². The van der Waals surface area contributed by atoms with Crippen LogP contribution >= 0.6 is 0 Å². The first-order valence-electron chi connectivity index (χ1n) is 5.35. The van der Waals surface area contributed by atoms with Crippen molar-refractivity contribution >= 4 is 0 Å². The van der Waals surface area contributed by atoms with Crippen LogP contribution in [0.25, 0.3) is 0 Å². The van der Waals surface area contributed by atoms with Crippen LogP contribution in [0, 0.1) is 0 Å². The monoisotopic (exact) mass is 204 g/mol.